The lowest BCUT2D eigenvalue weighted by Gasteiger charge is -2.18. The Kier molecular flexibility index (Phi) is 25.3. The van der Waals surface area contributed by atoms with Crippen molar-refractivity contribution < 1.29 is 38.1 Å². The monoisotopic (exact) mass is 574 g/mol. The van der Waals surface area contributed by atoms with Crippen LogP contribution in [0.3, 0.4) is 0 Å². The second-order valence-electron chi connectivity index (χ2n) is 9.94. The van der Waals surface area contributed by atoms with E-state index in [0.29, 0.717) is 26.4 Å². The van der Waals surface area contributed by atoms with Crippen LogP contribution in [0, 0.1) is 11.8 Å². The molecule has 228 valence electrons. The van der Waals surface area contributed by atoms with Crippen molar-refractivity contribution in [3.63, 3.8) is 0 Å². The number of ether oxygens (including phenoxy) is 4. The van der Waals surface area contributed by atoms with Gasteiger partial charge in [-0.3, -0.25) is 19.2 Å². The largest absolute Gasteiger partial charge is 0.466 e. The average molecular weight is 575 g/mol. The molecule has 0 aromatic heterocycles. The highest BCUT2D eigenvalue weighted by Gasteiger charge is 2.28. The molecule has 0 saturated carbocycles. The van der Waals surface area contributed by atoms with Crippen LogP contribution in [0.4, 0.5) is 0 Å². The summed E-state index contributed by atoms with van der Waals surface area (Å²) in [5, 5.41) is 0. The highest BCUT2D eigenvalue weighted by atomic mass is 32.2. The van der Waals surface area contributed by atoms with Crippen LogP contribution in [-0.2, 0) is 38.1 Å². The first kappa shape index (κ1) is 37.2. The van der Waals surface area contributed by atoms with E-state index in [1.54, 1.807) is 0 Å². The van der Waals surface area contributed by atoms with Crippen LogP contribution in [0.15, 0.2) is 0 Å². The van der Waals surface area contributed by atoms with Crippen molar-refractivity contribution in [2.24, 2.45) is 11.8 Å². The lowest BCUT2D eigenvalue weighted by Crippen LogP contribution is -2.27. The zero-order valence-electron chi connectivity index (χ0n) is 25.0. The van der Waals surface area contributed by atoms with E-state index >= 15 is 0 Å². The summed E-state index contributed by atoms with van der Waals surface area (Å²) in [6.45, 7) is 9.60. The van der Waals surface area contributed by atoms with Crippen molar-refractivity contribution in [1.29, 1.82) is 0 Å². The molecule has 0 saturated heterocycles. The van der Waals surface area contributed by atoms with E-state index in [0.717, 1.165) is 77.0 Å². The molecular weight excluding hydrogens is 520 g/mol. The van der Waals surface area contributed by atoms with Crippen LogP contribution < -0.4 is 0 Å². The predicted molar refractivity (Wildman–Crippen MR) is 155 cm³/mol. The number of hydrogen-bond donors (Lipinski definition) is 0. The Morgan fingerprint density at radius 2 is 0.795 bits per heavy atom. The molecule has 0 radical (unpaired) electrons. The molecular formula is C30H54O8S. The summed E-state index contributed by atoms with van der Waals surface area (Å²) >= 11 is 1.34. The van der Waals surface area contributed by atoms with Crippen molar-refractivity contribution in [1.82, 2.24) is 0 Å². The Morgan fingerprint density at radius 1 is 0.487 bits per heavy atom. The molecule has 8 nitrogen and oxygen atoms in total. The van der Waals surface area contributed by atoms with Gasteiger partial charge in [0.05, 0.1) is 51.1 Å². The van der Waals surface area contributed by atoms with Gasteiger partial charge in [-0.2, -0.15) is 11.8 Å². The molecule has 0 aromatic rings. The van der Waals surface area contributed by atoms with Crippen LogP contribution in [0.1, 0.15) is 118 Å². The van der Waals surface area contributed by atoms with Gasteiger partial charge in [-0.15, -0.1) is 0 Å². The molecule has 0 N–H and O–H groups in total. The standard InChI is InChI=1S/C30H54O8S/c1-5-9-13-17-35-27(31)21-25(29(33)37-19-15-11-7-3)23-39-24-26(30(34)38-20-16-12-8-4)22-28(32)36-18-14-10-6-2/h25-26H,5-24H2,1-4H3. The van der Waals surface area contributed by atoms with E-state index < -0.39 is 35.7 Å². The first-order chi connectivity index (χ1) is 18.9. The SMILES string of the molecule is CCCCCOC(=O)CC(CSCC(CC(=O)OCCCCC)C(=O)OCCCCC)C(=O)OCCCCC. The quantitative estimate of drug-likeness (QED) is 0.0636. The first-order valence-electron chi connectivity index (χ1n) is 15.1. The molecule has 0 aromatic carbocycles. The lowest BCUT2D eigenvalue weighted by molar-refractivity contribution is -0.154. The number of unbranched alkanes of at least 4 members (excludes halogenated alkanes) is 8. The summed E-state index contributed by atoms with van der Waals surface area (Å²) in [5.41, 5.74) is 0. The van der Waals surface area contributed by atoms with E-state index in [1.165, 1.54) is 11.8 Å². The van der Waals surface area contributed by atoms with E-state index in [1.807, 2.05) is 0 Å². The van der Waals surface area contributed by atoms with Gasteiger partial charge in [0.25, 0.3) is 0 Å². The van der Waals surface area contributed by atoms with Gasteiger partial charge in [-0.1, -0.05) is 79.1 Å². The Bertz CT molecular complexity index is 601. The molecule has 0 aliphatic rings. The highest BCUT2D eigenvalue weighted by Crippen LogP contribution is 2.21. The van der Waals surface area contributed by atoms with Gasteiger partial charge in [-0.25, -0.2) is 0 Å². The highest BCUT2D eigenvalue weighted by molar-refractivity contribution is 7.99. The molecule has 0 heterocycles. The number of esters is 4. The molecule has 0 rings (SSSR count). The molecule has 39 heavy (non-hydrogen) atoms. The summed E-state index contributed by atoms with van der Waals surface area (Å²) < 4.78 is 21.5. The van der Waals surface area contributed by atoms with Crippen LogP contribution >= 0.6 is 11.8 Å². The van der Waals surface area contributed by atoms with Gasteiger partial charge in [0, 0.05) is 11.5 Å². The summed E-state index contributed by atoms with van der Waals surface area (Å²) in [4.78, 5) is 50.3. The maximum Gasteiger partial charge on any atom is 0.310 e. The molecule has 2 unspecified atom stereocenters. The average Bonchev–Trinajstić information content (AvgIpc) is 2.92. The molecule has 0 bridgehead atoms. The van der Waals surface area contributed by atoms with Crippen LogP contribution in [0.2, 0.25) is 0 Å². The molecule has 0 spiro atoms. The first-order valence-corrected chi connectivity index (χ1v) is 16.3. The fourth-order valence-corrected chi connectivity index (χ4v) is 4.87. The maximum atomic E-state index is 12.8. The fourth-order valence-electron chi connectivity index (χ4n) is 3.65. The van der Waals surface area contributed by atoms with Gasteiger partial charge >= 0.3 is 23.9 Å². The second kappa shape index (κ2) is 26.5. The number of thioether (sulfide) groups is 1. The zero-order chi connectivity index (χ0) is 29.1. The normalized spacial score (nSPS) is 12.4. The Hall–Kier alpha value is -1.77. The van der Waals surface area contributed by atoms with Crippen molar-refractivity contribution in [2.75, 3.05) is 37.9 Å². The summed E-state index contributed by atoms with van der Waals surface area (Å²) in [6.07, 6.45) is 10.9. The molecule has 9 heteroatoms. The topological polar surface area (TPSA) is 105 Å². The molecule has 2 atom stereocenters. The summed E-state index contributed by atoms with van der Waals surface area (Å²) in [7, 11) is 0. The van der Waals surface area contributed by atoms with Gasteiger partial charge in [0.2, 0.25) is 0 Å². The van der Waals surface area contributed by atoms with Gasteiger partial charge < -0.3 is 18.9 Å². The fraction of sp³-hybridized carbons (Fsp3) is 0.867. The smallest absolute Gasteiger partial charge is 0.310 e. The lowest BCUT2D eigenvalue weighted by atomic mass is 10.1. The van der Waals surface area contributed by atoms with E-state index in [4.69, 9.17) is 18.9 Å². The summed E-state index contributed by atoms with van der Waals surface area (Å²) in [6, 6.07) is 0. The number of carbonyl (C=O) groups is 4. The molecule has 0 aliphatic carbocycles. The molecule has 0 amide bonds. The van der Waals surface area contributed by atoms with Crippen LogP contribution in [0.25, 0.3) is 0 Å². The second-order valence-corrected chi connectivity index (χ2v) is 11.0. The van der Waals surface area contributed by atoms with Crippen molar-refractivity contribution in [2.45, 2.75) is 118 Å². The molecule has 0 fully saturated rings. The third-order valence-corrected chi connectivity index (χ3v) is 7.41. The van der Waals surface area contributed by atoms with Gasteiger partial charge in [0.15, 0.2) is 0 Å². The third kappa shape index (κ3) is 21.7. The Labute approximate surface area is 241 Å². The van der Waals surface area contributed by atoms with Crippen molar-refractivity contribution in [3.05, 3.63) is 0 Å². The van der Waals surface area contributed by atoms with E-state index in [-0.39, 0.29) is 24.3 Å². The van der Waals surface area contributed by atoms with Gasteiger partial charge in [0.1, 0.15) is 0 Å². The van der Waals surface area contributed by atoms with Crippen molar-refractivity contribution >= 4 is 35.6 Å². The number of rotatable bonds is 26. The minimum absolute atomic E-state index is 0.0721. The zero-order valence-corrected chi connectivity index (χ0v) is 25.8. The van der Waals surface area contributed by atoms with E-state index in [2.05, 4.69) is 27.7 Å². The van der Waals surface area contributed by atoms with Gasteiger partial charge in [-0.05, 0) is 25.7 Å². The minimum atomic E-state index is -0.683. The number of carbonyl (C=O) groups excluding carboxylic acids is 4. The van der Waals surface area contributed by atoms with Crippen molar-refractivity contribution in [3.8, 4) is 0 Å². The Morgan fingerprint density at radius 3 is 1.10 bits per heavy atom. The minimum Gasteiger partial charge on any atom is -0.466 e. The van der Waals surface area contributed by atoms with Crippen LogP contribution in [-0.4, -0.2) is 61.8 Å². The molecule has 0 aliphatic heterocycles. The predicted octanol–water partition coefficient (Wildman–Crippen LogP) is 6.67. The van der Waals surface area contributed by atoms with Crippen LogP contribution in [0.5, 0.6) is 0 Å². The number of hydrogen-bond acceptors (Lipinski definition) is 9. The maximum absolute atomic E-state index is 12.8. The Balaban J connectivity index is 5.08. The van der Waals surface area contributed by atoms with E-state index in [9.17, 15) is 19.2 Å². The third-order valence-electron chi connectivity index (χ3n) is 6.14. The summed E-state index contributed by atoms with van der Waals surface area (Å²) in [5.74, 6) is -2.52.